The van der Waals surface area contributed by atoms with Crippen molar-refractivity contribution in [3.63, 3.8) is 0 Å². The number of oxazole rings is 1. The monoisotopic (exact) mass is 260 g/mol. The van der Waals surface area contributed by atoms with Crippen molar-refractivity contribution in [2.24, 2.45) is 0 Å². The number of hydrogen-bond acceptors (Lipinski definition) is 3. The van der Waals surface area contributed by atoms with Crippen molar-refractivity contribution in [1.29, 1.82) is 0 Å². The van der Waals surface area contributed by atoms with Gasteiger partial charge in [0.15, 0.2) is 11.5 Å². The summed E-state index contributed by atoms with van der Waals surface area (Å²) in [5.74, 6) is 0.810. The van der Waals surface area contributed by atoms with Gasteiger partial charge in [0.1, 0.15) is 5.52 Å². The number of aromatic nitrogens is 1. The molecule has 0 bridgehead atoms. The van der Waals surface area contributed by atoms with E-state index in [1.807, 2.05) is 6.07 Å². The highest BCUT2D eigenvalue weighted by atomic mass is 16.3. The fourth-order valence-corrected chi connectivity index (χ4v) is 2.28. The maximum atomic E-state index is 5.63. The van der Waals surface area contributed by atoms with E-state index in [0.29, 0.717) is 6.04 Å². The predicted octanol–water partition coefficient (Wildman–Crippen LogP) is 4.77. The number of rotatable bonds is 7. The van der Waals surface area contributed by atoms with Gasteiger partial charge in [0.25, 0.3) is 0 Å². The van der Waals surface area contributed by atoms with Crippen LogP contribution in [0.15, 0.2) is 22.6 Å². The van der Waals surface area contributed by atoms with Crippen LogP contribution in [0.25, 0.3) is 11.1 Å². The van der Waals surface area contributed by atoms with E-state index in [1.54, 1.807) is 0 Å². The van der Waals surface area contributed by atoms with Crippen LogP contribution in [0.4, 0.5) is 5.69 Å². The summed E-state index contributed by atoms with van der Waals surface area (Å²) in [4.78, 5) is 4.48. The molecule has 3 nitrogen and oxygen atoms in total. The van der Waals surface area contributed by atoms with Crippen molar-refractivity contribution in [3.05, 3.63) is 24.1 Å². The SMILES string of the molecule is CCCCC(CC)Nc1ccc2oc(CC)nc2c1. The molecule has 0 spiro atoms. The van der Waals surface area contributed by atoms with Gasteiger partial charge >= 0.3 is 0 Å². The van der Waals surface area contributed by atoms with Gasteiger partial charge in [0.05, 0.1) is 0 Å². The van der Waals surface area contributed by atoms with Crippen LogP contribution in [0.5, 0.6) is 0 Å². The molecular weight excluding hydrogens is 236 g/mol. The second-order valence-electron chi connectivity index (χ2n) is 5.04. The van der Waals surface area contributed by atoms with E-state index in [1.165, 1.54) is 19.3 Å². The second-order valence-corrected chi connectivity index (χ2v) is 5.04. The summed E-state index contributed by atoms with van der Waals surface area (Å²) in [6, 6.07) is 6.74. The number of anilines is 1. The minimum Gasteiger partial charge on any atom is -0.441 e. The van der Waals surface area contributed by atoms with Gasteiger partial charge in [-0.1, -0.05) is 33.6 Å². The normalized spacial score (nSPS) is 12.8. The second kappa shape index (κ2) is 6.60. The van der Waals surface area contributed by atoms with Gasteiger partial charge in [-0.2, -0.15) is 0 Å². The summed E-state index contributed by atoms with van der Waals surface area (Å²) in [6.45, 7) is 6.53. The number of aryl methyl sites for hydroxylation is 1. The zero-order valence-corrected chi connectivity index (χ0v) is 12.2. The number of nitrogens with one attached hydrogen (secondary N) is 1. The van der Waals surface area contributed by atoms with E-state index < -0.39 is 0 Å². The topological polar surface area (TPSA) is 38.1 Å². The number of hydrogen-bond donors (Lipinski definition) is 1. The lowest BCUT2D eigenvalue weighted by Gasteiger charge is -2.17. The van der Waals surface area contributed by atoms with Crippen molar-refractivity contribution in [3.8, 4) is 0 Å². The lowest BCUT2D eigenvalue weighted by molar-refractivity contribution is 0.538. The molecule has 2 rings (SSSR count). The summed E-state index contributed by atoms with van der Waals surface area (Å²) in [6.07, 6.45) is 5.74. The molecule has 1 atom stereocenters. The fourth-order valence-electron chi connectivity index (χ4n) is 2.28. The van der Waals surface area contributed by atoms with E-state index in [9.17, 15) is 0 Å². The average Bonchev–Trinajstić information content (AvgIpc) is 2.85. The molecule has 1 aromatic heterocycles. The quantitative estimate of drug-likeness (QED) is 0.779. The Kier molecular flexibility index (Phi) is 4.83. The number of nitrogens with zero attached hydrogens (tertiary/aromatic N) is 1. The van der Waals surface area contributed by atoms with E-state index in [2.05, 4.69) is 43.2 Å². The lowest BCUT2D eigenvalue weighted by atomic mass is 10.1. The lowest BCUT2D eigenvalue weighted by Crippen LogP contribution is -2.18. The van der Waals surface area contributed by atoms with Gasteiger partial charge in [-0.25, -0.2) is 4.98 Å². The molecule has 3 heteroatoms. The summed E-state index contributed by atoms with van der Waals surface area (Å²) in [5, 5.41) is 3.60. The molecule has 0 saturated heterocycles. The Hall–Kier alpha value is -1.51. The molecule has 0 aliphatic heterocycles. The van der Waals surface area contributed by atoms with Crippen molar-refractivity contribution < 1.29 is 4.42 Å². The number of fused-ring (bicyclic) bond motifs is 1. The standard InChI is InChI=1S/C16H24N2O/c1-4-7-8-12(5-2)17-13-9-10-15-14(11-13)18-16(6-3)19-15/h9-12,17H,4-8H2,1-3H3. The maximum absolute atomic E-state index is 5.63. The zero-order valence-electron chi connectivity index (χ0n) is 12.2. The third kappa shape index (κ3) is 3.49. The van der Waals surface area contributed by atoms with Gasteiger partial charge in [0, 0.05) is 18.2 Å². The van der Waals surface area contributed by atoms with Crippen LogP contribution in [0, 0.1) is 0 Å². The predicted molar refractivity (Wildman–Crippen MR) is 80.6 cm³/mol. The number of benzene rings is 1. The van der Waals surface area contributed by atoms with Gasteiger partial charge in [0.2, 0.25) is 0 Å². The zero-order chi connectivity index (χ0) is 13.7. The van der Waals surface area contributed by atoms with E-state index in [0.717, 1.165) is 35.5 Å². The van der Waals surface area contributed by atoms with Gasteiger partial charge < -0.3 is 9.73 Å². The van der Waals surface area contributed by atoms with E-state index in [-0.39, 0.29) is 0 Å². The molecule has 1 heterocycles. The highest BCUT2D eigenvalue weighted by Crippen LogP contribution is 2.22. The minimum atomic E-state index is 0.551. The molecule has 104 valence electrons. The molecular formula is C16H24N2O. The molecule has 0 radical (unpaired) electrons. The van der Waals surface area contributed by atoms with E-state index in [4.69, 9.17) is 4.42 Å². The average molecular weight is 260 g/mol. The number of unbranched alkanes of at least 4 members (excludes halogenated alkanes) is 1. The summed E-state index contributed by atoms with van der Waals surface area (Å²) >= 11 is 0. The van der Waals surface area contributed by atoms with Crippen molar-refractivity contribution in [2.75, 3.05) is 5.32 Å². The molecule has 2 aromatic rings. The smallest absolute Gasteiger partial charge is 0.195 e. The van der Waals surface area contributed by atoms with Gasteiger partial charge in [-0.3, -0.25) is 0 Å². The molecule has 1 aromatic carbocycles. The summed E-state index contributed by atoms with van der Waals surface area (Å²) < 4.78 is 5.63. The Labute approximate surface area is 115 Å². The first kappa shape index (κ1) is 13.9. The van der Waals surface area contributed by atoms with E-state index >= 15 is 0 Å². The van der Waals surface area contributed by atoms with Gasteiger partial charge in [-0.05, 0) is 31.0 Å². The maximum Gasteiger partial charge on any atom is 0.195 e. The third-order valence-electron chi connectivity index (χ3n) is 3.50. The van der Waals surface area contributed by atoms with Crippen LogP contribution in [-0.4, -0.2) is 11.0 Å². The minimum absolute atomic E-state index is 0.551. The molecule has 1 unspecified atom stereocenters. The molecule has 0 amide bonds. The van der Waals surface area contributed by atoms with Gasteiger partial charge in [-0.15, -0.1) is 0 Å². The molecule has 0 aliphatic carbocycles. The molecule has 0 saturated carbocycles. The third-order valence-corrected chi connectivity index (χ3v) is 3.50. The first-order valence-electron chi connectivity index (χ1n) is 7.42. The van der Waals surface area contributed by atoms with Crippen molar-refractivity contribution in [2.45, 2.75) is 58.9 Å². The molecule has 0 fully saturated rings. The van der Waals surface area contributed by atoms with Crippen molar-refractivity contribution in [1.82, 2.24) is 4.98 Å². The summed E-state index contributed by atoms with van der Waals surface area (Å²) in [7, 11) is 0. The highest BCUT2D eigenvalue weighted by molar-refractivity contribution is 5.77. The Morgan fingerprint density at radius 2 is 2.11 bits per heavy atom. The van der Waals surface area contributed by atoms with Crippen LogP contribution >= 0.6 is 0 Å². The Balaban J connectivity index is 2.11. The fraction of sp³-hybridized carbons (Fsp3) is 0.562. The van der Waals surface area contributed by atoms with Crippen LogP contribution in [-0.2, 0) is 6.42 Å². The Morgan fingerprint density at radius 1 is 1.26 bits per heavy atom. The Bertz CT molecular complexity index is 518. The highest BCUT2D eigenvalue weighted by Gasteiger charge is 2.08. The largest absolute Gasteiger partial charge is 0.441 e. The Morgan fingerprint density at radius 3 is 2.79 bits per heavy atom. The summed E-state index contributed by atoms with van der Waals surface area (Å²) in [5.41, 5.74) is 2.97. The first-order chi connectivity index (χ1) is 9.26. The molecule has 19 heavy (non-hydrogen) atoms. The van der Waals surface area contributed by atoms with Crippen LogP contribution in [0.3, 0.4) is 0 Å². The van der Waals surface area contributed by atoms with Crippen molar-refractivity contribution >= 4 is 16.8 Å². The van der Waals surface area contributed by atoms with Crippen LogP contribution in [0.2, 0.25) is 0 Å². The van der Waals surface area contributed by atoms with Crippen LogP contribution < -0.4 is 5.32 Å². The molecule has 0 aliphatic rings. The van der Waals surface area contributed by atoms with Crippen LogP contribution in [0.1, 0.15) is 52.3 Å². The first-order valence-corrected chi connectivity index (χ1v) is 7.42. The molecule has 1 N–H and O–H groups in total.